The molecule has 34 heavy (non-hydrogen) atoms. The third kappa shape index (κ3) is 5.62. The van der Waals surface area contributed by atoms with Crippen LogP contribution in [0, 0.1) is 11.7 Å². The molecule has 0 unspecified atom stereocenters. The fourth-order valence-electron chi connectivity index (χ4n) is 4.33. The zero-order valence-corrected chi connectivity index (χ0v) is 19.2. The van der Waals surface area contributed by atoms with Crippen LogP contribution in [-0.4, -0.2) is 42.2 Å². The van der Waals surface area contributed by atoms with E-state index in [1.165, 1.54) is 38.5 Å². The molecule has 2 amide bonds. The maximum Gasteiger partial charge on any atom is 0.255 e. The number of nitrogens with one attached hydrogen (secondary N) is 3. The second-order valence-corrected chi connectivity index (χ2v) is 8.55. The van der Waals surface area contributed by atoms with Gasteiger partial charge in [-0.2, -0.15) is 5.10 Å². The van der Waals surface area contributed by atoms with Crippen molar-refractivity contribution in [1.29, 1.82) is 0 Å². The molecule has 2 aromatic carbocycles. The van der Waals surface area contributed by atoms with Crippen molar-refractivity contribution < 1.29 is 18.7 Å². The first-order valence-electron chi connectivity index (χ1n) is 11.6. The topological polar surface area (TPSA) is 96.1 Å². The van der Waals surface area contributed by atoms with Crippen LogP contribution in [0.2, 0.25) is 0 Å². The minimum atomic E-state index is -0.402. The van der Waals surface area contributed by atoms with Crippen LogP contribution < -0.4 is 15.4 Å². The summed E-state index contributed by atoms with van der Waals surface area (Å²) in [5, 5.41) is 13.5. The van der Waals surface area contributed by atoms with Gasteiger partial charge in [-0.1, -0.05) is 37.5 Å². The summed E-state index contributed by atoms with van der Waals surface area (Å²) >= 11 is 0. The van der Waals surface area contributed by atoms with Gasteiger partial charge < -0.3 is 15.4 Å². The second-order valence-electron chi connectivity index (χ2n) is 8.55. The molecule has 7 nitrogen and oxygen atoms in total. The average Bonchev–Trinajstić information content (AvgIpc) is 3.29. The number of amides is 2. The van der Waals surface area contributed by atoms with Gasteiger partial charge in [0.1, 0.15) is 11.6 Å². The number of hydrogen-bond acceptors (Lipinski definition) is 4. The van der Waals surface area contributed by atoms with Crippen LogP contribution in [0.4, 0.5) is 4.39 Å². The Hall–Kier alpha value is -3.68. The SMILES string of the molecule is COc1c(C(=O)NCC(=O)NCC2CCCCC2)ccc2n[nH]c(/C=C/c3ccc(F)cc3)c12. The van der Waals surface area contributed by atoms with Gasteiger partial charge in [-0.05, 0) is 54.7 Å². The minimum absolute atomic E-state index is 0.102. The molecule has 8 heteroatoms. The molecule has 1 heterocycles. The molecular weight excluding hydrogens is 435 g/mol. The predicted molar refractivity (Wildman–Crippen MR) is 130 cm³/mol. The molecule has 1 aliphatic carbocycles. The Labute approximate surface area is 197 Å². The zero-order valence-electron chi connectivity index (χ0n) is 19.2. The van der Waals surface area contributed by atoms with E-state index in [1.54, 1.807) is 30.3 Å². The number of methoxy groups -OCH3 is 1. The largest absolute Gasteiger partial charge is 0.495 e. The molecular formula is C26H29FN4O3. The highest BCUT2D eigenvalue weighted by molar-refractivity contribution is 6.06. The summed E-state index contributed by atoms with van der Waals surface area (Å²) in [5.41, 5.74) is 2.41. The van der Waals surface area contributed by atoms with Crippen molar-refractivity contribution in [2.75, 3.05) is 20.2 Å². The van der Waals surface area contributed by atoms with Gasteiger partial charge in [0.2, 0.25) is 5.91 Å². The fraction of sp³-hybridized carbons (Fsp3) is 0.346. The first-order valence-corrected chi connectivity index (χ1v) is 11.6. The molecule has 178 valence electrons. The Morgan fingerprint density at radius 3 is 2.59 bits per heavy atom. The number of aromatic amines is 1. The first kappa shape index (κ1) is 23.5. The Morgan fingerprint density at radius 2 is 1.85 bits per heavy atom. The molecule has 0 spiro atoms. The highest BCUT2D eigenvalue weighted by Crippen LogP contribution is 2.32. The molecule has 0 saturated heterocycles. The first-order chi connectivity index (χ1) is 16.5. The van der Waals surface area contributed by atoms with Crippen molar-refractivity contribution in [2.24, 2.45) is 5.92 Å². The number of benzene rings is 2. The lowest BCUT2D eigenvalue weighted by Crippen LogP contribution is -2.39. The summed E-state index contributed by atoms with van der Waals surface area (Å²) in [4.78, 5) is 25.1. The summed E-state index contributed by atoms with van der Waals surface area (Å²) in [7, 11) is 1.49. The number of halogens is 1. The smallest absolute Gasteiger partial charge is 0.255 e. The van der Waals surface area contributed by atoms with E-state index in [4.69, 9.17) is 4.74 Å². The Kier molecular flexibility index (Phi) is 7.57. The number of ether oxygens (including phenoxy) is 1. The summed E-state index contributed by atoms with van der Waals surface area (Å²) < 4.78 is 18.7. The Balaban J connectivity index is 1.45. The lowest BCUT2D eigenvalue weighted by molar-refractivity contribution is -0.120. The van der Waals surface area contributed by atoms with Gasteiger partial charge in [-0.25, -0.2) is 4.39 Å². The molecule has 1 aliphatic rings. The molecule has 0 aliphatic heterocycles. The van der Waals surface area contributed by atoms with Gasteiger partial charge in [-0.15, -0.1) is 0 Å². The number of H-pyrrole nitrogens is 1. The van der Waals surface area contributed by atoms with Gasteiger partial charge in [-0.3, -0.25) is 14.7 Å². The number of fused-ring (bicyclic) bond motifs is 1. The Bertz CT molecular complexity index is 1180. The van der Waals surface area contributed by atoms with E-state index < -0.39 is 5.91 Å². The molecule has 0 atom stereocenters. The predicted octanol–water partition coefficient (Wildman–Crippen LogP) is 4.31. The van der Waals surface area contributed by atoms with Crippen LogP contribution in [0.1, 0.15) is 53.7 Å². The number of nitrogens with zero attached hydrogens (tertiary/aromatic N) is 1. The van der Waals surface area contributed by atoms with Crippen LogP contribution >= 0.6 is 0 Å². The summed E-state index contributed by atoms with van der Waals surface area (Å²) in [6, 6.07) is 9.46. The summed E-state index contributed by atoms with van der Waals surface area (Å²) in [6.07, 6.45) is 9.61. The molecule has 1 fully saturated rings. The van der Waals surface area contributed by atoms with Crippen molar-refractivity contribution in [2.45, 2.75) is 32.1 Å². The highest BCUT2D eigenvalue weighted by Gasteiger charge is 2.20. The minimum Gasteiger partial charge on any atom is -0.495 e. The van der Waals surface area contributed by atoms with E-state index in [9.17, 15) is 14.0 Å². The normalized spacial score (nSPS) is 14.4. The van der Waals surface area contributed by atoms with Crippen molar-refractivity contribution in [1.82, 2.24) is 20.8 Å². The van der Waals surface area contributed by atoms with Crippen LogP contribution in [0.15, 0.2) is 36.4 Å². The number of aromatic nitrogens is 2. The number of hydrogen-bond donors (Lipinski definition) is 3. The van der Waals surface area contributed by atoms with E-state index in [1.807, 2.05) is 6.08 Å². The van der Waals surface area contributed by atoms with Crippen molar-refractivity contribution in [3.05, 3.63) is 59.0 Å². The molecule has 0 bridgehead atoms. The van der Waals surface area contributed by atoms with Crippen LogP contribution in [-0.2, 0) is 4.79 Å². The van der Waals surface area contributed by atoms with E-state index in [0.717, 1.165) is 18.4 Å². The summed E-state index contributed by atoms with van der Waals surface area (Å²) in [6.45, 7) is 0.554. The molecule has 3 aromatic rings. The lowest BCUT2D eigenvalue weighted by Gasteiger charge is -2.21. The third-order valence-corrected chi connectivity index (χ3v) is 6.19. The molecule has 4 rings (SSSR count). The van der Waals surface area contributed by atoms with Crippen LogP contribution in [0.5, 0.6) is 5.75 Å². The van der Waals surface area contributed by atoms with Crippen molar-refractivity contribution in [3.63, 3.8) is 0 Å². The molecule has 0 radical (unpaired) electrons. The van der Waals surface area contributed by atoms with E-state index >= 15 is 0 Å². The standard InChI is InChI=1S/C26H29FN4O3/c1-34-25-20(26(33)29-16-23(32)28-15-18-5-3-2-4-6-18)12-14-22-24(25)21(30-31-22)13-9-17-7-10-19(27)11-8-17/h7-14,18H,2-6,15-16H2,1H3,(H,28,32)(H,29,33)(H,30,31)/b13-9+. The molecule has 1 saturated carbocycles. The lowest BCUT2D eigenvalue weighted by atomic mass is 9.89. The number of carbonyl (C=O) groups excluding carboxylic acids is 2. The monoisotopic (exact) mass is 464 g/mol. The number of carbonyl (C=O) groups is 2. The number of rotatable bonds is 8. The van der Waals surface area contributed by atoms with Crippen LogP contribution in [0.25, 0.3) is 23.1 Å². The van der Waals surface area contributed by atoms with Gasteiger partial charge >= 0.3 is 0 Å². The van der Waals surface area contributed by atoms with E-state index in [-0.39, 0.29) is 18.3 Å². The summed E-state index contributed by atoms with van der Waals surface area (Å²) in [5.74, 6) is -0.0148. The fourth-order valence-corrected chi connectivity index (χ4v) is 4.33. The van der Waals surface area contributed by atoms with E-state index in [2.05, 4.69) is 20.8 Å². The Morgan fingerprint density at radius 1 is 1.09 bits per heavy atom. The third-order valence-electron chi connectivity index (χ3n) is 6.19. The average molecular weight is 465 g/mol. The highest BCUT2D eigenvalue weighted by atomic mass is 19.1. The van der Waals surface area contributed by atoms with Crippen molar-refractivity contribution >= 4 is 34.9 Å². The van der Waals surface area contributed by atoms with E-state index in [0.29, 0.717) is 40.4 Å². The van der Waals surface area contributed by atoms with Gasteiger partial charge in [0.05, 0.1) is 35.8 Å². The quantitative estimate of drug-likeness (QED) is 0.463. The van der Waals surface area contributed by atoms with Gasteiger partial charge in [0.15, 0.2) is 0 Å². The van der Waals surface area contributed by atoms with Crippen LogP contribution in [0.3, 0.4) is 0 Å². The van der Waals surface area contributed by atoms with Crippen molar-refractivity contribution in [3.8, 4) is 5.75 Å². The molecule has 3 N–H and O–H groups in total. The second kappa shape index (κ2) is 11.0. The van der Waals surface area contributed by atoms with Gasteiger partial charge in [0.25, 0.3) is 5.91 Å². The molecule has 1 aromatic heterocycles. The zero-order chi connectivity index (χ0) is 23.9. The van der Waals surface area contributed by atoms with Gasteiger partial charge in [0, 0.05) is 6.54 Å². The maximum atomic E-state index is 13.1. The maximum absolute atomic E-state index is 13.1.